The molecule has 5 nitrogen and oxygen atoms in total. The Labute approximate surface area is 103 Å². The highest BCUT2D eigenvalue weighted by Gasteiger charge is 1.96. The van der Waals surface area contributed by atoms with Gasteiger partial charge in [0.25, 0.3) is 0 Å². The first-order valence-electron chi connectivity index (χ1n) is 3.91. The maximum absolute atomic E-state index is 10.7. The van der Waals surface area contributed by atoms with Crippen molar-refractivity contribution in [3.05, 3.63) is 30.3 Å². The van der Waals surface area contributed by atoms with Crippen LogP contribution < -0.4 is 5.32 Å². The number of hydrogen-bond acceptors (Lipinski definition) is 3. The predicted molar refractivity (Wildman–Crippen MR) is 63.2 cm³/mol. The molecule has 0 aliphatic heterocycles. The number of hydrogen-bond donors (Lipinski definition) is 2. The average Bonchev–Trinajstić information content (AvgIpc) is 2.16. The number of rotatable bonds is 2. The molecule has 1 rings (SSSR count). The van der Waals surface area contributed by atoms with Crippen LogP contribution in [0.2, 0.25) is 0 Å². The second-order valence-electron chi connectivity index (χ2n) is 2.46. The van der Waals surface area contributed by atoms with Gasteiger partial charge in [-0.25, -0.2) is 0 Å². The smallest absolute Gasteiger partial charge is 0.325 e. The summed E-state index contributed by atoms with van der Waals surface area (Å²) >= 11 is 5.29. The van der Waals surface area contributed by atoms with Crippen molar-refractivity contribution in [2.45, 2.75) is 0 Å². The molecule has 0 spiro atoms. The quantitative estimate of drug-likeness (QED) is 0.494. The van der Waals surface area contributed by atoms with Crippen LogP contribution in [0.1, 0.15) is 0 Å². The fourth-order valence-corrected chi connectivity index (χ4v) is 0.783. The highest BCUT2D eigenvalue weighted by molar-refractivity contribution is 8.09. The summed E-state index contributed by atoms with van der Waals surface area (Å²) in [7, 11) is -0.137. The molecule has 0 aliphatic rings. The number of halogens is 2. The molecule has 0 saturated carbocycles. The highest BCUT2D eigenvalue weighted by atomic mass is 35.7. The number of nitrogens with one attached hydrogen (secondary N) is 1. The van der Waals surface area contributed by atoms with E-state index in [4.69, 9.17) is 24.6 Å². The fourth-order valence-electron chi connectivity index (χ4n) is 0.716. The van der Waals surface area contributed by atoms with E-state index >= 15 is 0 Å². The van der Waals surface area contributed by atoms with Crippen LogP contribution in [0.4, 0.5) is 5.69 Å². The molecule has 0 fully saturated rings. The van der Waals surface area contributed by atoms with Gasteiger partial charge < -0.3 is 5.32 Å². The summed E-state index contributed by atoms with van der Waals surface area (Å²) in [6.45, 7) is 0. The summed E-state index contributed by atoms with van der Waals surface area (Å²) in [6, 6.07) is 9.21. The van der Waals surface area contributed by atoms with Crippen LogP contribution >= 0.6 is 22.3 Å². The van der Waals surface area contributed by atoms with Crippen molar-refractivity contribution in [2.24, 2.45) is 0 Å². The topological polar surface area (TPSA) is 83.5 Å². The van der Waals surface area contributed by atoms with Gasteiger partial charge in [-0.3, -0.25) is 9.35 Å². The minimum absolute atomic E-state index is 0.00507. The number of carbonyl (C=O) groups excluding carboxylic acids is 1. The Bertz CT molecular complexity index is 413. The molecule has 0 saturated heterocycles. The molecule has 90 valence electrons. The van der Waals surface area contributed by atoms with Gasteiger partial charge in [0.1, 0.15) is 5.88 Å². The molecule has 0 aliphatic carbocycles. The second kappa shape index (κ2) is 7.45. The first-order valence-corrected chi connectivity index (χ1v) is 6.71. The van der Waals surface area contributed by atoms with Gasteiger partial charge in [0.2, 0.25) is 5.91 Å². The summed E-state index contributed by atoms with van der Waals surface area (Å²) in [4.78, 5) is 10.7. The first kappa shape index (κ1) is 15.2. The van der Waals surface area contributed by atoms with Crippen LogP contribution in [0.5, 0.6) is 0 Å². The highest BCUT2D eigenvalue weighted by Crippen LogP contribution is 2.04. The molecule has 0 aromatic heterocycles. The van der Waals surface area contributed by atoms with E-state index in [-0.39, 0.29) is 11.8 Å². The zero-order valence-corrected chi connectivity index (χ0v) is 10.3. The third-order valence-electron chi connectivity index (χ3n) is 1.18. The third-order valence-corrected chi connectivity index (χ3v) is 1.42. The van der Waals surface area contributed by atoms with Crippen LogP contribution in [0.25, 0.3) is 0 Å². The SMILES string of the molecule is O=C(CCl)Nc1ccccc1.O=S(=O)(O)Cl. The zero-order chi connectivity index (χ0) is 12.6. The molecule has 0 bridgehead atoms. The number of para-hydroxylation sites is 1. The molecule has 0 heterocycles. The molecule has 1 amide bonds. The van der Waals surface area contributed by atoms with Crippen LogP contribution in [-0.4, -0.2) is 24.8 Å². The van der Waals surface area contributed by atoms with Crippen molar-refractivity contribution in [1.82, 2.24) is 0 Å². The van der Waals surface area contributed by atoms with Gasteiger partial charge in [-0.1, -0.05) is 18.2 Å². The van der Waals surface area contributed by atoms with Crippen LogP contribution in [0.15, 0.2) is 30.3 Å². The van der Waals surface area contributed by atoms with E-state index < -0.39 is 9.33 Å². The van der Waals surface area contributed by atoms with E-state index in [1.165, 1.54) is 0 Å². The lowest BCUT2D eigenvalue weighted by atomic mass is 10.3. The van der Waals surface area contributed by atoms with Gasteiger partial charge in [-0.15, -0.1) is 11.6 Å². The van der Waals surface area contributed by atoms with Crippen LogP contribution in [0.3, 0.4) is 0 Å². The van der Waals surface area contributed by atoms with Gasteiger partial charge in [-0.2, -0.15) is 8.42 Å². The summed E-state index contributed by atoms with van der Waals surface area (Å²) in [5, 5.41) is 2.62. The van der Waals surface area contributed by atoms with Crippen LogP contribution in [0, 0.1) is 0 Å². The molecule has 8 heteroatoms. The Morgan fingerprint density at radius 3 is 2.12 bits per heavy atom. The molecule has 0 radical (unpaired) electrons. The largest absolute Gasteiger partial charge is 0.353 e. The molecular weight excluding hydrogens is 277 g/mol. The Balaban J connectivity index is 0.000000385. The number of benzene rings is 1. The summed E-state index contributed by atoms with van der Waals surface area (Å²) in [5.41, 5.74) is 0.776. The zero-order valence-electron chi connectivity index (χ0n) is 7.93. The van der Waals surface area contributed by atoms with Crippen molar-refractivity contribution in [1.29, 1.82) is 0 Å². The average molecular weight is 286 g/mol. The lowest BCUT2D eigenvalue weighted by Gasteiger charge is -2.00. The van der Waals surface area contributed by atoms with Gasteiger partial charge in [0.05, 0.1) is 0 Å². The Morgan fingerprint density at radius 1 is 1.31 bits per heavy atom. The monoisotopic (exact) mass is 285 g/mol. The second-order valence-corrected chi connectivity index (χ2v) is 4.72. The van der Waals surface area contributed by atoms with E-state index in [2.05, 4.69) is 16.0 Å². The van der Waals surface area contributed by atoms with E-state index in [0.717, 1.165) is 5.69 Å². The maximum Gasteiger partial charge on any atom is 0.353 e. The Kier molecular flexibility index (Phi) is 7.07. The van der Waals surface area contributed by atoms with Gasteiger partial charge >= 0.3 is 9.33 Å². The lowest BCUT2D eigenvalue weighted by Crippen LogP contribution is -2.12. The summed E-state index contributed by atoms with van der Waals surface area (Å²) in [6.07, 6.45) is 0. The van der Waals surface area contributed by atoms with Gasteiger partial charge in [-0.05, 0) is 12.1 Å². The molecule has 0 unspecified atom stereocenters. The number of anilines is 1. The first-order chi connectivity index (χ1) is 7.33. The van der Waals surface area contributed by atoms with Crippen molar-refractivity contribution < 1.29 is 17.8 Å². The number of amides is 1. The fraction of sp³-hybridized carbons (Fsp3) is 0.125. The minimum Gasteiger partial charge on any atom is -0.325 e. The van der Waals surface area contributed by atoms with Gasteiger partial charge in [0.15, 0.2) is 0 Å². The summed E-state index contributed by atoms with van der Waals surface area (Å²) in [5.74, 6) is -0.188. The molecule has 16 heavy (non-hydrogen) atoms. The lowest BCUT2D eigenvalue weighted by molar-refractivity contribution is -0.113. The molecule has 1 aromatic carbocycles. The number of alkyl halides is 1. The van der Waals surface area contributed by atoms with Crippen molar-refractivity contribution >= 4 is 43.2 Å². The third kappa shape index (κ3) is 11.3. The summed E-state index contributed by atoms with van der Waals surface area (Å²) < 4.78 is 25.2. The van der Waals surface area contributed by atoms with Crippen molar-refractivity contribution in [2.75, 3.05) is 11.2 Å². The predicted octanol–water partition coefficient (Wildman–Crippen LogP) is 1.89. The van der Waals surface area contributed by atoms with Crippen molar-refractivity contribution in [3.63, 3.8) is 0 Å². The normalized spacial score (nSPS) is 9.94. The van der Waals surface area contributed by atoms with E-state index in [1.807, 2.05) is 30.3 Å². The molecule has 2 N–H and O–H groups in total. The molecule has 0 atom stereocenters. The number of carbonyl (C=O) groups is 1. The van der Waals surface area contributed by atoms with Gasteiger partial charge in [0, 0.05) is 16.4 Å². The van der Waals surface area contributed by atoms with Crippen molar-refractivity contribution in [3.8, 4) is 0 Å². The van der Waals surface area contributed by atoms with E-state index in [0.29, 0.717) is 0 Å². The minimum atomic E-state index is -4.19. The van der Waals surface area contributed by atoms with E-state index in [1.54, 1.807) is 0 Å². The standard InChI is InChI=1S/C8H8ClNO.ClHO3S/c9-6-8(11)10-7-4-2-1-3-5-7;1-5(2,3)4/h1-5H,6H2,(H,10,11);(H,2,3,4). The van der Waals surface area contributed by atoms with Crippen LogP contribution in [-0.2, 0) is 14.1 Å². The molecular formula is C8H9Cl2NO4S. The Morgan fingerprint density at radius 2 is 1.75 bits per heavy atom. The maximum atomic E-state index is 10.7. The Hall–Kier alpha value is -0.820. The van der Waals surface area contributed by atoms with E-state index in [9.17, 15) is 4.79 Å². The molecule has 1 aromatic rings.